The van der Waals surface area contributed by atoms with Gasteiger partial charge in [0.15, 0.2) is 0 Å². The topological polar surface area (TPSA) is 16.4 Å². The van der Waals surface area contributed by atoms with E-state index in [0.29, 0.717) is 0 Å². The lowest BCUT2D eigenvalue weighted by atomic mass is 9.43. The Morgan fingerprint density at radius 1 is 0.433 bits per heavy atom. The van der Waals surface area contributed by atoms with Gasteiger partial charge in [-0.3, -0.25) is 0 Å². The van der Waals surface area contributed by atoms with Crippen molar-refractivity contribution in [3.63, 3.8) is 0 Å². The van der Waals surface area contributed by atoms with Gasteiger partial charge in [-0.05, 0) is 161 Å². The van der Waals surface area contributed by atoms with Crippen LogP contribution in [0.3, 0.4) is 0 Å². The summed E-state index contributed by atoms with van der Waals surface area (Å²) in [5, 5.41) is 2.33. The summed E-state index contributed by atoms with van der Waals surface area (Å²) in [5.74, 6) is 3.38. The fraction of sp³-hybridized carbons (Fsp3) is 0.276. The van der Waals surface area contributed by atoms with Gasteiger partial charge in [0.05, 0.1) is 0 Å². The Hall–Kier alpha value is -5.86. The summed E-state index contributed by atoms with van der Waals surface area (Å²) >= 11 is 0. The second kappa shape index (κ2) is 12.4. The van der Waals surface area contributed by atoms with E-state index >= 15 is 0 Å². The third-order valence-corrected chi connectivity index (χ3v) is 16.9. The lowest BCUT2D eigenvalue weighted by Gasteiger charge is -2.61. The van der Waals surface area contributed by atoms with Crippen LogP contribution in [0.2, 0.25) is 0 Å². The van der Waals surface area contributed by atoms with Crippen LogP contribution in [0.4, 0.5) is 17.1 Å². The largest absolute Gasteiger partial charge is 0.455 e. The Morgan fingerprint density at radius 2 is 1.03 bits per heavy atom. The van der Waals surface area contributed by atoms with Crippen LogP contribution >= 0.6 is 0 Å². The van der Waals surface area contributed by atoms with E-state index in [1.54, 1.807) is 16.7 Å². The van der Waals surface area contributed by atoms with Gasteiger partial charge in [-0.15, -0.1) is 0 Å². The van der Waals surface area contributed by atoms with Crippen molar-refractivity contribution in [1.29, 1.82) is 0 Å². The number of hydrogen-bond acceptors (Lipinski definition) is 2. The lowest BCUT2D eigenvalue weighted by molar-refractivity contribution is -0.0399. The molecule has 5 fully saturated rings. The van der Waals surface area contributed by atoms with Gasteiger partial charge in [0.2, 0.25) is 0 Å². The summed E-state index contributed by atoms with van der Waals surface area (Å²) in [7, 11) is 0. The SMILES string of the molecule is c1ccc2c(c1)-c1ccc(N(c3ccc(-c4cccc5c4oc4ccccc45)cc3)c3ccc4c(c3)-c3ccccc3C43C4CC5CC(C4)CC3C5)cc1C21CCCCC1. The molecular formula is C58H49NO. The average molecular weight is 776 g/mol. The Bertz CT molecular complexity index is 3020. The molecule has 0 saturated heterocycles. The number of anilines is 3. The zero-order valence-electron chi connectivity index (χ0n) is 34.2. The van der Waals surface area contributed by atoms with Crippen LogP contribution in [0.15, 0.2) is 156 Å². The second-order valence-corrected chi connectivity index (χ2v) is 19.5. The smallest absolute Gasteiger partial charge is 0.143 e. The van der Waals surface area contributed by atoms with Gasteiger partial charge >= 0.3 is 0 Å². The summed E-state index contributed by atoms with van der Waals surface area (Å²) in [5.41, 5.74) is 20.2. The molecule has 60 heavy (non-hydrogen) atoms. The van der Waals surface area contributed by atoms with Crippen molar-refractivity contribution in [2.75, 3.05) is 4.90 Å². The first-order chi connectivity index (χ1) is 29.7. The standard InChI is InChI=1S/C58H49NO/c1-8-27-57(28-9-1)51-16-5-2-11-45(51)47-25-23-43(35-54(47)57)59(41-21-19-38(20-22-41)44-14-10-15-49-48-13-4-7-18-55(48)60-56(44)49)42-24-26-53-50(34-42)46-12-3-6-17-52(46)58(53)39-30-36-29-37(32-39)33-40(58)31-36/h2-7,10-26,34-37,39-40H,1,8-9,27-33H2. The Kier molecular flexibility index (Phi) is 6.98. The van der Waals surface area contributed by atoms with Gasteiger partial charge in [-0.2, -0.15) is 0 Å². The molecule has 7 aliphatic rings. The molecule has 0 aliphatic heterocycles. The predicted octanol–water partition coefficient (Wildman–Crippen LogP) is 15.7. The summed E-state index contributed by atoms with van der Waals surface area (Å²) < 4.78 is 6.52. The average Bonchev–Trinajstić information content (AvgIpc) is 3.91. The summed E-state index contributed by atoms with van der Waals surface area (Å²) in [6.07, 6.45) is 13.5. The maximum atomic E-state index is 6.52. The van der Waals surface area contributed by atoms with Crippen LogP contribution in [0, 0.1) is 23.7 Å². The monoisotopic (exact) mass is 775 g/mol. The second-order valence-electron chi connectivity index (χ2n) is 19.5. The highest BCUT2D eigenvalue weighted by Gasteiger charge is 2.61. The number of benzene rings is 7. The first-order valence-electron chi connectivity index (χ1n) is 23.0. The van der Waals surface area contributed by atoms with E-state index in [2.05, 4.69) is 157 Å². The van der Waals surface area contributed by atoms with Crippen molar-refractivity contribution < 1.29 is 4.42 Å². The number of para-hydroxylation sites is 2. The molecule has 2 nitrogen and oxygen atoms in total. The minimum atomic E-state index is 0.0870. The van der Waals surface area contributed by atoms with E-state index in [1.807, 2.05) is 0 Å². The quantitative estimate of drug-likeness (QED) is 0.177. The zero-order chi connectivity index (χ0) is 39.2. The maximum Gasteiger partial charge on any atom is 0.143 e. The molecule has 5 saturated carbocycles. The zero-order valence-corrected chi connectivity index (χ0v) is 34.2. The van der Waals surface area contributed by atoms with Crippen molar-refractivity contribution in [2.45, 2.75) is 75.0 Å². The molecule has 7 aromatic carbocycles. The first kappa shape index (κ1) is 33.9. The van der Waals surface area contributed by atoms with Crippen molar-refractivity contribution in [2.24, 2.45) is 23.7 Å². The highest BCUT2D eigenvalue weighted by atomic mass is 16.3. The van der Waals surface area contributed by atoms with Crippen LogP contribution in [0.1, 0.15) is 86.5 Å². The van der Waals surface area contributed by atoms with Gasteiger partial charge in [0.1, 0.15) is 11.2 Å². The van der Waals surface area contributed by atoms with Gasteiger partial charge in [0, 0.05) is 44.2 Å². The van der Waals surface area contributed by atoms with E-state index in [0.717, 1.165) is 40.4 Å². The van der Waals surface area contributed by atoms with Crippen LogP contribution < -0.4 is 4.90 Å². The van der Waals surface area contributed by atoms with Gasteiger partial charge in [-0.1, -0.05) is 128 Å². The molecule has 2 spiro atoms. The molecule has 15 rings (SSSR count). The van der Waals surface area contributed by atoms with E-state index in [-0.39, 0.29) is 10.8 Å². The number of rotatable bonds is 4. The normalized spacial score (nSPS) is 24.9. The molecule has 7 aliphatic carbocycles. The van der Waals surface area contributed by atoms with E-state index in [9.17, 15) is 0 Å². The maximum absolute atomic E-state index is 6.52. The number of nitrogens with zero attached hydrogens (tertiary/aromatic N) is 1. The minimum Gasteiger partial charge on any atom is -0.455 e. The van der Waals surface area contributed by atoms with Crippen molar-refractivity contribution in [3.8, 4) is 33.4 Å². The highest BCUT2D eigenvalue weighted by Crippen LogP contribution is 2.69. The van der Waals surface area contributed by atoms with E-state index in [4.69, 9.17) is 4.42 Å². The molecule has 2 heteroatoms. The molecular weight excluding hydrogens is 727 g/mol. The third-order valence-electron chi connectivity index (χ3n) is 16.9. The fourth-order valence-electron chi connectivity index (χ4n) is 14.8. The molecule has 0 N–H and O–H groups in total. The number of hydrogen-bond donors (Lipinski definition) is 0. The van der Waals surface area contributed by atoms with Crippen LogP contribution in [0.5, 0.6) is 0 Å². The van der Waals surface area contributed by atoms with Crippen molar-refractivity contribution in [3.05, 3.63) is 174 Å². The fourth-order valence-corrected chi connectivity index (χ4v) is 14.8. The highest BCUT2D eigenvalue weighted by molar-refractivity contribution is 6.09. The predicted molar refractivity (Wildman–Crippen MR) is 246 cm³/mol. The van der Waals surface area contributed by atoms with Gasteiger partial charge in [-0.25, -0.2) is 0 Å². The Morgan fingerprint density at radius 3 is 1.83 bits per heavy atom. The molecule has 0 unspecified atom stereocenters. The molecule has 0 amide bonds. The molecule has 1 heterocycles. The molecule has 292 valence electrons. The van der Waals surface area contributed by atoms with E-state index in [1.165, 1.54) is 125 Å². The van der Waals surface area contributed by atoms with Crippen LogP contribution in [0.25, 0.3) is 55.3 Å². The van der Waals surface area contributed by atoms with Crippen molar-refractivity contribution in [1.82, 2.24) is 0 Å². The molecule has 0 radical (unpaired) electrons. The first-order valence-corrected chi connectivity index (χ1v) is 23.0. The minimum absolute atomic E-state index is 0.0870. The van der Waals surface area contributed by atoms with Gasteiger partial charge in [0.25, 0.3) is 0 Å². The van der Waals surface area contributed by atoms with Crippen LogP contribution in [-0.4, -0.2) is 0 Å². The molecule has 1 aromatic heterocycles. The molecule has 4 bridgehead atoms. The van der Waals surface area contributed by atoms with Gasteiger partial charge < -0.3 is 9.32 Å². The molecule has 8 aromatic rings. The summed E-state index contributed by atoms with van der Waals surface area (Å²) in [6.45, 7) is 0. The third kappa shape index (κ3) is 4.45. The van der Waals surface area contributed by atoms with Crippen LogP contribution in [-0.2, 0) is 10.8 Å². The summed E-state index contributed by atoms with van der Waals surface area (Å²) in [4.78, 5) is 2.57. The Balaban J connectivity index is 0.947. The van der Waals surface area contributed by atoms with E-state index < -0.39 is 0 Å². The number of fused-ring (bicyclic) bond motifs is 11. The Labute approximate surface area is 352 Å². The van der Waals surface area contributed by atoms with Crippen molar-refractivity contribution >= 4 is 39.0 Å². The lowest BCUT2D eigenvalue weighted by Crippen LogP contribution is -2.55. The number of furan rings is 1. The molecule has 0 atom stereocenters. The summed E-state index contributed by atoms with van der Waals surface area (Å²) in [6, 6.07) is 58.2.